The predicted molar refractivity (Wildman–Crippen MR) is 80.7 cm³/mol. The molecule has 1 aromatic carbocycles. The molecule has 0 aliphatic carbocycles. The van der Waals surface area contributed by atoms with Gasteiger partial charge in [0.1, 0.15) is 5.75 Å². The molecule has 0 spiro atoms. The van der Waals surface area contributed by atoms with Crippen LogP contribution in [0.5, 0.6) is 5.75 Å². The van der Waals surface area contributed by atoms with Gasteiger partial charge in [0.2, 0.25) is 0 Å². The van der Waals surface area contributed by atoms with Crippen molar-refractivity contribution in [2.24, 2.45) is 5.92 Å². The summed E-state index contributed by atoms with van der Waals surface area (Å²) in [6.07, 6.45) is 1.94. The average molecular weight is 342 g/mol. The zero-order valence-electron chi connectivity index (χ0n) is 11.9. The minimum atomic E-state index is -0.101. The number of likely N-dealkylation sites (tertiary alicyclic amines) is 1. The van der Waals surface area contributed by atoms with Crippen molar-refractivity contribution in [3.8, 4) is 5.75 Å². The van der Waals surface area contributed by atoms with Crippen molar-refractivity contribution in [2.45, 2.75) is 19.4 Å². The largest absolute Gasteiger partial charge is 0.496 e. The summed E-state index contributed by atoms with van der Waals surface area (Å²) in [4.78, 5) is 13.9. The van der Waals surface area contributed by atoms with Gasteiger partial charge in [0.05, 0.1) is 20.1 Å². The first-order valence-electron chi connectivity index (χ1n) is 6.76. The SMILES string of the molecule is COC(=O)C1CCCN(Cc2cc(Br)ccc2OC)C1. The molecule has 1 aliphatic heterocycles. The second-order valence-corrected chi connectivity index (χ2v) is 5.97. The molecule has 0 radical (unpaired) electrons. The molecule has 2 rings (SSSR count). The Morgan fingerprint density at radius 1 is 1.45 bits per heavy atom. The standard InChI is InChI=1S/C15H20BrNO3/c1-19-14-6-5-13(16)8-12(14)10-17-7-3-4-11(9-17)15(18)20-2/h5-6,8,11H,3-4,7,9-10H2,1-2H3. The number of halogens is 1. The summed E-state index contributed by atoms with van der Waals surface area (Å²) in [6, 6.07) is 6.00. The Labute approximate surface area is 128 Å². The number of nitrogens with zero attached hydrogens (tertiary/aromatic N) is 1. The van der Waals surface area contributed by atoms with Crippen LogP contribution in [0.4, 0.5) is 0 Å². The van der Waals surface area contributed by atoms with Crippen LogP contribution >= 0.6 is 15.9 Å². The van der Waals surface area contributed by atoms with Gasteiger partial charge in [0.25, 0.3) is 0 Å². The van der Waals surface area contributed by atoms with Crippen LogP contribution in [0.1, 0.15) is 18.4 Å². The highest BCUT2D eigenvalue weighted by atomic mass is 79.9. The van der Waals surface area contributed by atoms with Crippen molar-refractivity contribution >= 4 is 21.9 Å². The third-order valence-corrected chi connectivity index (χ3v) is 4.17. The van der Waals surface area contributed by atoms with E-state index in [1.54, 1.807) is 7.11 Å². The molecule has 1 aromatic rings. The predicted octanol–water partition coefficient (Wildman–Crippen LogP) is 2.84. The van der Waals surface area contributed by atoms with Gasteiger partial charge < -0.3 is 9.47 Å². The third-order valence-electron chi connectivity index (χ3n) is 3.68. The number of carbonyl (C=O) groups excluding carboxylic acids is 1. The number of esters is 1. The number of hydrogen-bond donors (Lipinski definition) is 0. The zero-order chi connectivity index (χ0) is 14.5. The van der Waals surface area contributed by atoms with Crippen LogP contribution < -0.4 is 4.74 Å². The Balaban J connectivity index is 2.06. The van der Waals surface area contributed by atoms with Crippen LogP contribution in [-0.2, 0) is 16.1 Å². The fourth-order valence-electron chi connectivity index (χ4n) is 2.67. The molecule has 1 saturated heterocycles. The lowest BCUT2D eigenvalue weighted by molar-refractivity contribution is -0.147. The van der Waals surface area contributed by atoms with Crippen LogP contribution in [0.15, 0.2) is 22.7 Å². The van der Waals surface area contributed by atoms with Crippen molar-refractivity contribution in [1.29, 1.82) is 0 Å². The molecule has 5 heteroatoms. The molecule has 0 aromatic heterocycles. The van der Waals surface area contributed by atoms with E-state index in [0.717, 1.165) is 48.3 Å². The molecular weight excluding hydrogens is 322 g/mol. The Bertz CT molecular complexity index is 478. The van der Waals surface area contributed by atoms with Gasteiger partial charge in [-0.1, -0.05) is 15.9 Å². The Hall–Kier alpha value is -1.07. The second kappa shape index (κ2) is 7.09. The van der Waals surface area contributed by atoms with Gasteiger partial charge in [-0.15, -0.1) is 0 Å². The van der Waals surface area contributed by atoms with Gasteiger partial charge in [-0.2, -0.15) is 0 Å². The Kier molecular flexibility index (Phi) is 5.43. The molecule has 0 amide bonds. The molecule has 1 aliphatic rings. The maximum absolute atomic E-state index is 11.7. The number of hydrogen-bond acceptors (Lipinski definition) is 4. The van der Waals surface area contributed by atoms with E-state index in [1.165, 1.54) is 7.11 Å². The second-order valence-electron chi connectivity index (χ2n) is 5.05. The molecule has 0 saturated carbocycles. The van der Waals surface area contributed by atoms with Gasteiger partial charge in [-0.05, 0) is 37.6 Å². The molecule has 1 heterocycles. The lowest BCUT2D eigenvalue weighted by Crippen LogP contribution is -2.38. The number of piperidine rings is 1. The summed E-state index contributed by atoms with van der Waals surface area (Å²) in [6.45, 7) is 2.54. The van der Waals surface area contributed by atoms with Crippen LogP contribution in [0.2, 0.25) is 0 Å². The van der Waals surface area contributed by atoms with E-state index in [-0.39, 0.29) is 11.9 Å². The van der Waals surface area contributed by atoms with Crippen LogP contribution in [0.3, 0.4) is 0 Å². The number of benzene rings is 1. The molecule has 110 valence electrons. The van der Waals surface area contributed by atoms with E-state index >= 15 is 0 Å². The quantitative estimate of drug-likeness (QED) is 0.789. The van der Waals surface area contributed by atoms with Crippen molar-refractivity contribution in [3.63, 3.8) is 0 Å². The van der Waals surface area contributed by atoms with Crippen molar-refractivity contribution < 1.29 is 14.3 Å². The molecule has 1 fully saturated rings. The smallest absolute Gasteiger partial charge is 0.309 e. The number of carbonyl (C=O) groups is 1. The normalized spacial score (nSPS) is 19.6. The lowest BCUT2D eigenvalue weighted by atomic mass is 9.97. The number of ether oxygens (including phenoxy) is 2. The molecular formula is C15H20BrNO3. The maximum atomic E-state index is 11.7. The molecule has 0 N–H and O–H groups in total. The zero-order valence-corrected chi connectivity index (χ0v) is 13.5. The van der Waals surface area contributed by atoms with E-state index in [9.17, 15) is 4.79 Å². The molecule has 1 unspecified atom stereocenters. The first-order valence-corrected chi connectivity index (χ1v) is 7.56. The van der Waals surface area contributed by atoms with Crippen LogP contribution in [0.25, 0.3) is 0 Å². The van der Waals surface area contributed by atoms with Gasteiger partial charge in [-0.25, -0.2) is 0 Å². The van der Waals surface area contributed by atoms with Gasteiger partial charge in [0.15, 0.2) is 0 Å². The molecule has 0 bridgehead atoms. The van der Waals surface area contributed by atoms with E-state index < -0.39 is 0 Å². The van der Waals surface area contributed by atoms with Gasteiger partial charge in [0, 0.05) is 23.1 Å². The van der Waals surface area contributed by atoms with E-state index in [2.05, 4.69) is 26.9 Å². The third kappa shape index (κ3) is 3.73. The summed E-state index contributed by atoms with van der Waals surface area (Å²) in [5.41, 5.74) is 1.13. The first-order chi connectivity index (χ1) is 9.63. The summed E-state index contributed by atoms with van der Waals surface area (Å²) < 4.78 is 11.3. The summed E-state index contributed by atoms with van der Waals surface area (Å²) in [7, 11) is 3.14. The molecule has 4 nitrogen and oxygen atoms in total. The molecule has 1 atom stereocenters. The summed E-state index contributed by atoms with van der Waals surface area (Å²) in [5, 5.41) is 0. The summed E-state index contributed by atoms with van der Waals surface area (Å²) >= 11 is 3.49. The topological polar surface area (TPSA) is 38.8 Å². The van der Waals surface area contributed by atoms with Gasteiger partial charge in [-0.3, -0.25) is 9.69 Å². The van der Waals surface area contributed by atoms with E-state index in [1.807, 2.05) is 12.1 Å². The Morgan fingerprint density at radius 2 is 2.25 bits per heavy atom. The van der Waals surface area contributed by atoms with E-state index in [4.69, 9.17) is 9.47 Å². The lowest BCUT2D eigenvalue weighted by Gasteiger charge is -2.31. The highest BCUT2D eigenvalue weighted by Gasteiger charge is 2.26. The van der Waals surface area contributed by atoms with Crippen molar-refractivity contribution in [2.75, 3.05) is 27.3 Å². The van der Waals surface area contributed by atoms with Gasteiger partial charge >= 0.3 is 5.97 Å². The van der Waals surface area contributed by atoms with E-state index in [0.29, 0.717) is 0 Å². The highest BCUT2D eigenvalue weighted by Crippen LogP contribution is 2.26. The van der Waals surface area contributed by atoms with Crippen molar-refractivity contribution in [3.05, 3.63) is 28.2 Å². The Morgan fingerprint density at radius 3 is 2.95 bits per heavy atom. The fourth-order valence-corrected chi connectivity index (χ4v) is 3.08. The molecule has 20 heavy (non-hydrogen) atoms. The average Bonchev–Trinajstić information content (AvgIpc) is 2.47. The number of methoxy groups -OCH3 is 2. The monoisotopic (exact) mass is 341 g/mol. The maximum Gasteiger partial charge on any atom is 0.309 e. The van der Waals surface area contributed by atoms with Crippen LogP contribution in [-0.4, -0.2) is 38.2 Å². The minimum absolute atomic E-state index is 0.00750. The first kappa shape index (κ1) is 15.3. The van der Waals surface area contributed by atoms with Crippen LogP contribution in [0, 0.1) is 5.92 Å². The minimum Gasteiger partial charge on any atom is -0.496 e. The fraction of sp³-hybridized carbons (Fsp3) is 0.533. The van der Waals surface area contributed by atoms with Crippen molar-refractivity contribution in [1.82, 2.24) is 4.90 Å². The highest BCUT2D eigenvalue weighted by molar-refractivity contribution is 9.10. The number of rotatable bonds is 4. The summed E-state index contributed by atoms with van der Waals surface area (Å²) in [5.74, 6) is 0.774.